The van der Waals surface area contributed by atoms with E-state index in [1.165, 1.54) is 12.1 Å². The molecule has 0 aliphatic heterocycles. The SMILES string of the molecule is CCO/C(O)=C(\[N+]#N)C(NS(=O)(=O)c1ccc(C)cc1)c1ccc(-c2ccccc2)cc1. The number of rotatable bonds is 8. The van der Waals surface area contributed by atoms with E-state index in [1.54, 1.807) is 31.2 Å². The summed E-state index contributed by atoms with van der Waals surface area (Å²) in [5.74, 6) is -0.668. The predicted molar refractivity (Wildman–Crippen MR) is 122 cm³/mol. The molecule has 0 radical (unpaired) electrons. The molecule has 8 heteroatoms. The highest BCUT2D eigenvalue weighted by Crippen LogP contribution is 2.30. The van der Waals surface area contributed by atoms with Crippen LogP contribution in [0.25, 0.3) is 16.1 Å². The lowest BCUT2D eigenvalue weighted by Gasteiger charge is -2.15. The van der Waals surface area contributed by atoms with E-state index in [0.717, 1.165) is 16.7 Å². The van der Waals surface area contributed by atoms with Crippen molar-refractivity contribution < 1.29 is 18.3 Å². The van der Waals surface area contributed by atoms with Gasteiger partial charge in [0.2, 0.25) is 15.4 Å². The van der Waals surface area contributed by atoms with Gasteiger partial charge in [0.1, 0.15) is 0 Å². The number of hydrogen-bond acceptors (Lipinski definition) is 5. The topological polar surface area (TPSA) is 104 Å². The highest BCUT2D eigenvalue weighted by molar-refractivity contribution is 7.89. The Labute approximate surface area is 187 Å². The van der Waals surface area contributed by atoms with Gasteiger partial charge in [-0.3, -0.25) is 0 Å². The second-order valence-corrected chi connectivity index (χ2v) is 8.79. The van der Waals surface area contributed by atoms with Crippen LogP contribution in [0.3, 0.4) is 0 Å². The molecule has 1 atom stereocenters. The van der Waals surface area contributed by atoms with Crippen molar-refractivity contribution in [2.45, 2.75) is 24.8 Å². The molecule has 0 bridgehead atoms. The van der Waals surface area contributed by atoms with Gasteiger partial charge in [0.05, 0.1) is 11.5 Å². The molecule has 3 aromatic carbocycles. The highest BCUT2D eigenvalue weighted by atomic mass is 32.2. The smallest absolute Gasteiger partial charge is 0.462 e. The number of nitrogens with zero attached hydrogens (tertiary/aromatic N) is 2. The number of aliphatic hydroxyl groups is 1. The van der Waals surface area contributed by atoms with Crippen LogP contribution < -0.4 is 4.72 Å². The Kier molecular flexibility index (Phi) is 7.25. The summed E-state index contributed by atoms with van der Waals surface area (Å²) in [6.45, 7) is 3.60. The van der Waals surface area contributed by atoms with Gasteiger partial charge in [0, 0.05) is 0 Å². The van der Waals surface area contributed by atoms with E-state index in [9.17, 15) is 18.9 Å². The number of aliphatic hydroxyl groups excluding tert-OH is 1. The molecule has 0 aliphatic carbocycles. The summed E-state index contributed by atoms with van der Waals surface area (Å²) in [7, 11) is -4.01. The average Bonchev–Trinajstić information content (AvgIpc) is 2.80. The maximum atomic E-state index is 13.0. The van der Waals surface area contributed by atoms with Crippen molar-refractivity contribution in [3.05, 3.63) is 107 Å². The van der Waals surface area contributed by atoms with Crippen LogP contribution in [0, 0.1) is 12.3 Å². The fourth-order valence-corrected chi connectivity index (χ4v) is 4.34. The van der Waals surface area contributed by atoms with E-state index in [2.05, 4.69) is 9.70 Å². The van der Waals surface area contributed by atoms with Crippen molar-refractivity contribution in [2.75, 3.05) is 6.61 Å². The van der Waals surface area contributed by atoms with E-state index in [0.29, 0.717) is 5.56 Å². The summed E-state index contributed by atoms with van der Waals surface area (Å²) < 4.78 is 33.7. The van der Waals surface area contributed by atoms with Gasteiger partial charge in [-0.05, 0) is 42.7 Å². The van der Waals surface area contributed by atoms with Crippen LogP contribution in [0.15, 0.2) is 95.4 Å². The Morgan fingerprint density at radius 1 is 1.00 bits per heavy atom. The molecular formula is C24H24N3O4S+. The quantitative estimate of drug-likeness (QED) is 0.358. The van der Waals surface area contributed by atoms with Crippen molar-refractivity contribution in [3.8, 4) is 11.1 Å². The first-order chi connectivity index (χ1) is 15.4. The molecule has 0 saturated carbocycles. The van der Waals surface area contributed by atoms with Crippen molar-refractivity contribution in [1.82, 2.24) is 4.72 Å². The minimum atomic E-state index is -4.01. The maximum Gasteiger partial charge on any atom is 0.462 e. The zero-order valence-corrected chi connectivity index (χ0v) is 18.6. The summed E-state index contributed by atoms with van der Waals surface area (Å²) in [6.07, 6.45) is 0. The molecule has 1 unspecified atom stereocenters. The number of hydrogen-bond donors (Lipinski definition) is 2. The summed E-state index contributed by atoms with van der Waals surface area (Å²) in [5, 5.41) is 19.8. The molecular weight excluding hydrogens is 426 g/mol. The lowest BCUT2D eigenvalue weighted by atomic mass is 10.00. The summed E-state index contributed by atoms with van der Waals surface area (Å²) in [5.41, 5.74) is 2.94. The van der Waals surface area contributed by atoms with Gasteiger partial charge in [0.15, 0.2) is 11.0 Å². The molecule has 0 amide bonds. The van der Waals surface area contributed by atoms with Crippen LogP contribution in [0.5, 0.6) is 0 Å². The number of sulfonamides is 1. The van der Waals surface area contributed by atoms with Gasteiger partial charge in [-0.25, -0.2) is 8.42 Å². The fraction of sp³-hybridized carbons (Fsp3) is 0.167. The van der Waals surface area contributed by atoms with Crippen molar-refractivity contribution in [3.63, 3.8) is 0 Å². The van der Waals surface area contributed by atoms with E-state index < -0.39 is 22.0 Å². The Bertz CT molecular complexity index is 1230. The van der Waals surface area contributed by atoms with Crippen LogP contribution in [-0.4, -0.2) is 20.1 Å². The normalized spacial score (nSPS) is 13.0. The molecule has 0 saturated heterocycles. The van der Waals surface area contributed by atoms with E-state index in [-0.39, 0.29) is 17.2 Å². The van der Waals surface area contributed by atoms with Crippen LogP contribution in [0.2, 0.25) is 0 Å². The largest absolute Gasteiger partial charge is 0.475 e. The van der Waals surface area contributed by atoms with Crippen molar-refractivity contribution in [2.24, 2.45) is 0 Å². The van der Waals surface area contributed by atoms with Gasteiger partial charge < -0.3 is 9.84 Å². The number of ether oxygens (including phenoxy) is 1. The van der Waals surface area contributed by atoms with Gasteiger partial charge in [-0.15, -0.1) is 0 Å². The molecule has 0 aliphatic rings. The van der Waals surface area contributed by atoms with Crippen LogP contribution in [0.1, 0.15) is 24.1 Å². The third-order valence-corrected chi connectivity index (χ3v) is 6.28. The molecule has 0 heterocycles. The number of nitrogens with one attached hydrogen (secondary N) is 1. The monoisotopic (exact) mass is 450 g/mol. The predicted octanol–water partition coefficient (Wildman–Crippen LogP) is 5.30. The second-order valence-electron chi connectivity index (χ2n) is 7.08. The van der Waals surface area contributed by atoms with Gasteiger partial charge in [-0.1, -0.05) is 72.3 Å². The first kappa shape index (κ1) is 23.0. The Hall–Kier alpha value is -3.67. The minimum absolute atomic E-state index is 0.0437. The Balaban J connectivity index is 2.04. The molecule has 164 valence electrons. The van der Waals surface area contributed by atoms with Gasteiger partial charge in [0.25, 0.3) is 0 Å². The zero-order chi connectivity index (χ0) is 23.1. The molecule has 0 fully saturated rings. The van der Waals surface area contributed by atoms with Crippen LogP contribution in [-0.2, 0) is 14.8 Å². The average molecular weight is 451 g/mol. The summed E-state index contributed by atoms with van der Waals surface area (Å²) in [4.78, 5) is 3.18. The first-order valence-corrected chi connectivity index (χ1v) is 11.5. The summed E-state index contributed by atoms with van der Waals surface area (Å²) >= 11 is 0. The standard InChI is InChI=1S/C24H23N3O4S/c1-3-31-24(28)23(26-25)22(27-32(29,30)21-15-9-17(2)10-16-21)20-13-11-19(12-14-20)18-7-5-4-6-8-18/h4-16,22,27H,3H2,1-2H3/p+1/b24-23-. The second kappa shape index (κ2) is 10.1. The van der Waals surface area contributed by atoms with E-state index in [4.69, 9.17) is 4.74 Å². The van der Waals surface area contributed by atoms with E-state index in [1.807, 2.05) is 49.4 Å². The Morgan fingerprint density at radius 3 is 2.16 bits per heavy atom. The number of diazo groups is 1. The lowest BCUT2D eigenvalue weighted by molar-refractivity contribution is 0.0968. The van der Waals surface area contributed by atoms with Crippen molar-refractivity contribution >= 4 is 10.0 Å². The van der Waals surface area contributed by atoms with Crippen LogP contribution in [0.4, 0.5) is 0 Å². The molecule has 2 N–H and O–H groups in total. The van der Waals surface area contributed by atoms with Gasteiger partial charge in [-0.2, -0.15) is 4.72 Å². The van der Waals surface area contributed by atoms with Gasteiger partial charge >= 0.3 is 11.6 Å². The maximum absolute atomic E-state index is 13.0. The number of aryl methyl sites for hydroxylation is 1. The van der Waals surface area contributed by atoms with Crippen molar-refractivity contribution in [1.29, 1.82) is 5.39 Å². The highest BCUT2D eigenvalue weighted by Gasteiger charge is 2.37. The lowest BCUT2D eigenvalue weighted by Crippen LogP contribution is -2.30. The summed E-state index contributed by atoms with van der Waals surface area (Å²) in [6, 6.07) is 21.9. The molecule has 7 nitrogen and oxygen atoms in total. The Morgan fingerprint density at radius 2 is 1.59 bits per heavy atom. The number of benzene rings is 3. The third kappa shape index (κ3) is 5.32. The molecule has 3 aromatic rings. The molecule has 0 spiro atoms. The molecule has 3 rings (SSSR count). The van der Waals surface area contributed by atoms with E-state index >= 15 is 0 Å². The fourth-order valence-electron chi connectivity index (χ4n) is 3.16. The zero-order valence-electron chi connectivity index (χ0n) is 17.8. The van der Waals surface area contributed by atoms with Crippen LogP contribution >= 0.6 is 0 Å². The third-order valence-electron chi connectivity index (χ3n) is 4.84. The minimum Gasteiger partial charge on any atom is -0.475 e. The first-order valence-electron chi connectivity index (χ1n) is 10.0. The molecule has 32 heavy (non-hydrogen) atoms. The molecule has 0 aromatic heterocycles.